The molecule has 1 aliphatic rings. The van der Waals surface area contributed by atoms with Gasteiger partial charge in [0.1, 0.15) is 0 Å². The number of carbonyl (C=O) groups is 1. The van der Waals surface area contributed by atoms with E-state index in [0.717, 1.165) is 49.9 Å². The number of aryl methyl sites for hydroxylation is 2. The molecule has 0 aliphatic carbocycles. The number of hydrogen-bond acceptors (Lipinski definition) is 3. The van der Waals surface area contributed by atoms with E-state index in [1.807, 2.05) is 19.2 Å². The zero-order chi connectivity index (χ0) is 20.8. The first kappa shape index (κ1) is 21.3. The van der Waals surface area contributed by atoms with Crippen LogP contribution in [0.3, 0.4) is 0 Å². The van der Waals surface area contributed by atoms with Gasteiger partial charge >= 0.3 is 0 Å². The summed E-state index contributed by atoms with van der Waals surface area (Å²) in [4.78, 5) is 26.6. The molecule has 1 fully saturated rings. The van der Waals surface area contributed by atoms with Gasteiger partial charge < -0.3 is 9.88 Å². The molecule has 0 spiro atoms. The molecule has 1 aromatic carbocycles. The minimum Gasteiger partial charge on any atom is -0.348 e. The lowest BCUT2D eigenvalue weighted by molar-refractivity contribution is -0.123. The Balaban J connectivity index is 1.46. The van der Waals surface area contributed by atoms with Gasteiger partial charge in [0, 0.05) is 19.3 Å². The number of carbonyl (C=O) groups excluding carboxylic acids is 1. The van der Waals surface area contributed by atoms with Crippen molar-refractivity contribution in [2.45, 2.75) is 51.5 Å². The molecule has 0 bridgehead atoms. The highest BCUT2D eigenvalue weighted by Crippen LogP contribution is 2.27. The summed E-state index contributed by atoms with van der Waals surface area (Å²) in [6, 6.07) is 12.3. The number of pyridine rings is 1. The number of hydrogen-bond donors (Lipinski definition) is 1. The predicted octanol–water partition coefficient (Wildman–Crippen LogP) is 3.39. The molecule has 2 heterocycles. The summed E-state index contributed by atoms with van der Waals surface area (Å²) < 4.78 is 1.60. The Morgan fingerprint density at radius 1 is 1.17 bits per heavy atom. The minimum absolute atomic E-state index is 0.0104. The summed E-state index contributed by atoms with van der Waals surface area (Å²) in [6.07, 6.45) is 6.04. The molecule has 1 atom stereocenters. The zero-order valence-electron chi connectivity index (χ0n) is 17.9. The molecule has 0 saturated carbocycles. The van der Waals surface area contributed by atoms with Crippen LogP contribution in [0.1, 0.15) is 61.8 Å². The minimum atomic E-state index is 0.0104. The van der Waals surface area contributed by atoms with Crippen molar-refractivity contribution < 1.29 is 4.79 Å². The monoisotopic (exact) mass is 395 g/mol. The van der Waals surface area contributed by atoms with Crippen molar-refractivity contribution in [1.82, 2.24) is 14.8 Å². The molecule has 156 valence electrons. The van der Waals surface area contributed by atoms with Crippen molar-refractivity contribution in [3.63, 3.8) is 0 Å². The van der Waals surface area contributed by atoms with Gasteiger partial charge in [0.05, 0.1) is 12.6 Å². The number of amides is 1. The van der Waals surface area contributed by atoms with Gasteiger partial charge in [-0.3, -0.25) is 14.5 Å². The summed E-state index contributed by atoms with van der Waals surface area (Å²) in [7, 11) is 1.77. The maximum atomic E-state index is 12.5. The second kappa shape index (κ2) is 9.88. The van der Waals surface area contributed by atoms with Crippen molar-refractivity contribution in [3.05, 3.63) is 69.6 Å². The lowest BCUT2D eigenvalue weighted by Crippen LogP contribution is -2.41. The number of nitrogens with zero attached hydrogens (tertiary/aromatic N) is 2. The van der Waals surface area contributed by atoms with Crippen molar-refractivity contribution in [3.8, 4) is 0 Å². The quantitative estimate of drug-likeness (QED) is 0.782. The zero-order valence-corrected chi connectivity index (χ0v) is 17.9. The molecule has 1 amide bonds. The highest BCUT2D eigenvalue weighted by atomic mass is 16.2. The van der Waals surface area contributed by atoms with Crippen LogP contribution in [-0.4, -0.2) is 35.0 Å². The third kappa shape index (κ3) is 5.80. The molecule has 2 aromatic rings. The van der Waals surface area contributed by atoms with E-state index in [1.165, 1.54) is 5.56 Å². The Morgan fingerprint density at radius 3 is 2.48 bits per heavy atom. The summed E-state index contributed by atoms with van der Waals surface area (Å²) in [5.74, 6) is 0.478. The van der Waals surface area contributed by atoms with E-state index >= 15 is 0 Å². The molecule has 29 heavy (non-hydrogen) atoms. The fraction of sp³-hybridized carbons (Fsp3) is 0.500. The maximum absolute atomic E-state index is 12.5. The van der Waals surface area contributed by atoms with Gasteiger partial charge in [-0.1, -0.05) is 37.6 Å². The number of aromatic nitrogens is 1. The maximum Gasteiger partial charge on any atom is 0.250 e. The standard InChI is InChI=1S/C24H33N3O2/c1-4-5-19-6-8-20(9-7-19)18(2)25-23(28)17-27-14-11-21(12-15-27)22-10-13-26(3)24(29)16-22/h6-10,13,16,18,21H,4-5,11-12,14-15,17H2,1-3H3,(H,25,28). The molecule has 5 heteroatoms. The van der Waals surface area contributed by atoms with Crippen LogP contribution in [0.5, 0.6) is 0 Å². The largest absolute Gasteiger partial charge is 0.348 e. The Kier molecular flexibility index (Phi) is 7.26. The van der Waals surface area contributed by atoms with Crippen molar-refractivity contribution >= 4 is 5.91 Å². The smallest absolute Gasteiger partial charge is 0.250 e. The molecule has 1 aromatic heterocycles. The van der Waals surface area contributed by atoms with Crippen molar-refractivity contribution in [2.75, 3.05) is 19.6 Å². The van der Waals surface area contributed by atoms with Gasteiger partial charge in [-0.25, -0.2) is 0 Å². The van der Waals surface area contributed by atoms with E-state index in [9.17, 15) is 9.59 Å². The van der Waals surface area contributed by atoms with Crippen LogP contribution in [0, 0.1) is 0 Å². The fourth-order valence-electron chi connectivity index (χ4n) is 4.08. The normalized spacial score (nSPS) is 16.5. The Morgan fingerprint density at radius 2 is 1.86 bits per heavy atom. The van der Waals surface area contributed by atoms with E-state index in [0.29, 0.717) is 12.5 Å². The number of likely N-dealkylation sites (tertiary alicyclic amines) is 1. The lowest BCUT2D eigenvalue weighted by atomic mass is 9.90. The van der Waals surface area contributed by atoms with Gasteiger partial charge in [-0.05, 0) is 68.0 Å². The van der Waals surface area contributed by atoms with E-state index in [2.05, 4.69) is 41.4 Å². The molecule has 1 N–H and O–H groups in total. The highest BCUT2D eigenvalue weighted by molar-refractivity contribution is 5.78. The summed E-state index contributed by atoms with van der Waals surface area (Å²) >= 11 is 0. The Bertz CT molecular complexity index is 864. The second-order valence-corrected chi connectivity index (χ2v) is 8.24. The second-order valence-electron chi connectivity index (χ2n) is 8.24. The van der Waals surface area contributed by atoms with Gasteiger partial charge in [0.15, 0.2) is 0 Å². The van der Waals surface area contributed by atoms with E-state index in [1.54, 1.807) is 17.7 Å². The van der Waals surface area contributed by atoms with Crippen LogP contribution < -0.4 is 10.9 Å². The van der Waals surface area contributed by atoms with Crippen LogP contribution in [-0.2, 0) is 18.3 Å². The Labute approximate surface area is 173 Å². The van der Waals surface area contributed by atoms with Gasteiger partial charge in [-0.2, -0.15) is 0 Å². The van der Waals surface area contributed by atoms with Crippen LogP contribution in [0.25, 0.3) is 0 Å². The van der Waals surface area contributed by atoms with Crippen molar-refractivity contribution in [2.24, 2.45) is 7.05 Å². The predicted molar refractivity (Wildman–Crippen MR) is 117 cm³/mol. The molecule has 3 rings (SSSR count). The van der Waals surface area contributed by atoms with Crippen LogP contribution in [0.15, 0.2) is 47.4 Å². The first-order valence-corrected chi connectivity index (χ1v) is 10.7. The number of rotatable bonds is 7. The average molecular weight is 396 g/mol. The topological polar surface area (TPSA) is 54.3 Å². The van der Waals surface area contributed by atoms with Crippen LogP contribution >= 0.6 is 0 Å². The van der Waals surface area contributed by atoms with Crippen LogP contribution in [0.2, 0.25) is 0 Å². The molecule has 1 unspecified atom stereocenters. The highest BCUT2D eigenvalue weighted by Gasteiger charge is 2.23. The third-order valence-corrected chi connectivity index (χ3v) is 5.95. The first-order valence-electron chi connectivity index (χ1n) is 10.7. The average Bonchev–Trinajstić information content (AvgIpc) is 2.71. The summed E-state index contributed by atoms with van der Waals surface area (Å²) in [5, 5.41) is 3.13. The summed E-state index contributed by atoms with van der Waals surface area (Å²) in [5.41, 5.74) is 3.65. The number of benzene rings is 1. The molecule has 1 aliphatic heterocycles. The molecule has 1 saturated heterocycles. The lowest BCUT2D eigenvalue weighted by Gasteiger charge is -2.32. The van der Waals surface area contributed by atoms with E-state index < -0.39 is 0 Å². The van der Waals surface area contributed by atoms with Crippen LogP contribution in [0.4, 0.5) is 0 Å². The molecule has 5 nitrogen and oxygen atoms in total. The SMILES string of the molecule is CCCc1ccc(C(C)NC(=O)CN2CCC(c3ccn(C)c(=O)c3)CC2)cc1. The Hall–Kier alpha value is -2.40. The number of piperidine rings is 1. The summed E-state index contributed by atoms with van der Waals surface area (Å²) in [6.45, 7) is 6.41. The first-order chi connectivity index (χ1) is 14.0. The molecule has 0 radical (unpaired) electrons. The number of nitrogens with one attached hydrogen (secondary N) is 1. The molecular formula is C24H33N3O2. The van der Waals surface area contributed by atoms with E-state index in [-0.39, 0.29) is 17.5 Å². The van der Waals surface area contributed by atoms with Crippen molar-refractivity contribution in [1.29, 1.82) is 0 Å². The molecular weight excluding hydrogens is 362 g/mol. The third-order valence-electron chi connectivity index (χ3n) is 5.95. The van der Waals surface area contributed by atoms with Gasteiger partial charge in [0.25, 0.3) is 5.56 Å². The fourth-order valence-corrected chi connectivity index (χ4v) is 4.08. The van der Waals surface area contributed by atoms with E-state index in [4.69, 9.17) is 0 Å². The van der Waals surface area contributed by atoms with Gasteiger partial charge in [-0.15, -0.1) is 0 Å². The van der Waals surface area contributed by atoms with Gasteiger partial charge in [0.2, 0.25) is 5.91 Å².